The zero-order valence-corrected chi connectivity index (χ0v) is 14.2. The Balaban J connectivity index is 1.52. The maximum Gasteiger partial charge on any atom is 0.319 e. The molecule has 6 heteroatoms. The fraction of sp³-hybridized carbons (Fsp3) is 0.100. The number of aromatic nitrogens is 1. The van der Waals surface area contributed by atoms with Gasteiger partial charge in [0, 0.05) is 18.7 Å². The summed E-state index contributed by atoms with van der Waals surface area (Å²) in [5.41, 5.74) is 2.69. The van der Waals surface area contributed by atoms with Gasteiger partial charge in [-0.2, -0.15) is 0 Å². The second-order valence-corrected chi connectivity index (χ2v) is 5.74. The summed E-state index contributed by atoms with van der Waals surface area (Å²) in [6.07, 6.45) is 1.47. The Hall–Kier alpha value is -3.41. The van der Waals surface area contributed by atoms with Crippen molar-refractivity contribution in [3.8, 4) is 11.6 Å². The van der Waals surface area contributed by atoms with Crippen molar-refractivity contribution in [3.63, 3.8) is 0 Å². The summed E-state index contributed by atoms with van der Waals surface area (Å²) in [6.45, 7) is 2.43. The number of aryl methyl sites for hydroxylation is 1. The molecule has 0 aliphatic rings. The quantitative estimate of drug-likeness (QED) is 0.704. The van der Waals surface area contributed by atoms with E-state index in [-0.39, 0.29) is 11.8 Å². The van der Waals surface area contributed by atoms with Crippen molar-refractivity contribution in [2.75, 3.05) is 5.32 Å². The molecule has 0 aliphatic heterocycles. The van der Waals surface area contributed by atoms with E-state index in [2.05, 4.69) is 15.6 Å². The second kappa shape index (κ2) is 8.11. The molecule has 1 heterocycles. The van der Waals surface area contributed by atoms with Crippen LogP contribution in [-0.2, 0) is 6.54 Å². The fourth-order valence-corrected chi connectivity index (χ4v) is 2.35. The molecule has 132 valence electrons. The van der Waals surface area contributed by atoms with Gasteiger partial charge in [-0.05, 0) is 30.7 Å². The molecule has 2 aromatic carbocycles. The van der Waals surface area contributed by atoms with Crippen LogP contribution in [0.1, 0.15) is 11.1 Å². The topological polar surface area (TPSA) is 63.2 Å². The molecule has 5 nitrogen and oxygen atoms in total. The summed E-state index contributed by atoms with van der Waals surface area (Å²) < 4.78 is 18.6. The molecular weight excluding hydrogens is 333 g/mol. The minimum atomic E-state index is -0.383. The van der Waals surface area contributed by atoms with Crippen LogP contribution in [0.15, 0.2) is 66.9 Å². The van der Waals surface area contributed by atoms with Crippen LogP contribution in [0.3, 0.4) is 0 Å². The molecular formula is C20H18FN3O2. The van der Waals surface area contributed by atoms with Crippen LogP contribution in [0, 0.1) is 12.7 Å². The first-order chi connectivity index (χ1) is 12.6. The van der Waals surface area contributed by atoms with Crippen molar-refractivity contribution in [2.24, 2.45) is 0 Å². The zero-order chi connectivity index (χ0) is 18.4. The maximum atomic E-state index is 13.1. The normalized spacial score (nSPS) is 10.2. The van der Waals surface area contributed by atoms with Crippen LogP contribution >= 0.6 is 0 Å². The van der Waals surface area contributed by atoms with Crippen LogP contribution in [0.25, 0.3) is 0 Å². The summed E-state index contributed by atoms with van der Waals surface area (Å²) in [4.78, 5) is 16.1. The van der Waals surface area contributed by atoms with E-state index in [4.69, 9.17) is 4.74 Å². The third kappa shape index (κ3) is 5.04. The number of urea groups is 1. The van der Waals surface area contributed by atoms with Crippen LogP contribution in [0.2, 0.25) is 0 Å². The largest absolute Gasteiger partial charge is 0.439 e. The van der Waals surface area contributed by atoms with Crippen LogP contribution < -0.4 is 15.4 Å². The first kappa shape index (κ1) is 17.4. The summed E-state index contributed by atoms with van der Waals surface area (Å²) in [5, 5.41) is 5.48. The molecule has 0 atom stereocenters. The highest BCUT2D eigenvalue weighted by Gasteiger charge is 2.04. The van der Waals surface area contributed by atoms with E-state index in [9.17, 15) is 9.18 Å². The number of hydrogen-bond acceptors (Lipinski definition) is 3. The molecule has 0 saturated heterocycles. The lowest BCUT2D eigenvalue weighted by Crippen LogP contribution is -2.28. The molecule has 0 aliphatic carbocycles. The summed E-state index contributed by atoms with van der Waals surface area (Å²) in [6, 6.07) is 16.6. The molecule has 0 saturated carbocycles. The predicted molar refractivity (Wildman–Crippen MR) is 97.7 cm³/mol. The van der Waals surface area contributed by atoms with Gasteiger partial charge in [0.15, 0.2) is 0 Å². The molecule has 2 N–H and O–H groups in total. The lowest BCUT2D eigenvalue weighted by atomic mass is 10.1. The van der Waals surface area contributed by atoms with Gasteiger partial charge in [0.1, 0.15) is 11.6 Å². The molecule has 26 heavy (non-hydrogen) atoms. The number of nitrogens with zero attached hydrogens (tertiary/aromatic N) is 1. The Morgan fingerprint density at radius 2 is 1.96 bits per heavy atom. The van der Waals surface area contributed by atoms with E-state index in [1.807, 2.05) is 31.2 Å². The van der Waals surface area contributed by atoms with Gasteiger partial charge >= 0.3 is 6.03 Å². The maximum absolute atomic E-state index is 13.1. The lowest BCUT2D eigenvalue weighted by Gasteiger charge is -2.09. The molecule has 2 amide bonds. The van der Waals surface area contributed by atoms with Crippen LogP contribution in [0.5, 0.6) is 11.6 Å². The number of carbonyl (C=O) groups excluding carboxylic acids is 1. The Morgan fingerprint density at radius 3 is 2.69 bits per heavy atom. The van der Waals surface area contributed by atoms with Crippen molar-refractivity contribution in [3.05, 3.63) is 83.8 Å². The smallest absolute Gasteiger partial charge is 0.319 e. The summed E-state index contributed by atoms with van der Waals surface area (Å²) in [7, 11) is 0. The van der Waals surface area contributed by atoms with Gasteiger partial charge in [-0.3, -0.25) is 0 Å². The van der Waals surface area contributed by atoms with Gasteiger partial charge < -0.3 is 15.4 Å². The minimum Gasteiger partial charge on any atom is -0.439 e. The second-order valence-electron chi connectivity index (χ2n) is 5.74. The van der Waals surface area contributed by atoms with E-state index in [1.165, 1.54) is 18.3 Å². The number of ether oxygens (including phenoxy) is 1. The number of pyridine rings is 1. The number of rotatable bonds is 5. The van der Waals surface area contributed by atoms with E-state index < -0.39 is 0 Å². The number of hydrogen-bond donors (Lipinski definition) is 2. The van der Waals surface area contributed by atoms with Crippen molar-refractivity contribution in [1.82, 2.24) is 10.3 Å². The Morgan fingerprint density at radius 1 is 1.12 bits per heavy atom. The number of halogens is 1. The molecule has 0 fully saturated rings. The molecule has 0 spiro atoms. The number of nitrogens with one attached hydrogen (secondary N) is 2. The first-order valence-electron chi connectivity index (χ1n) is 8.08. The Bertz CT molecular complexity index is 898. The highest BCUT2D eigenvalue weighted by atomic mass is 19.1. The molecule has 3 rings (SSSR count). The molecule has 1 aromatic heterocycles. The van der Waals surface area contributed by atoms with Gasteiger partial charge in [-0.15, -0.1) is 0 Å². The molecule has 0 radical (unpaired) electrons. The van der Waals surface area contributed by atoms with Gasteiger partial charge in [0.05, 0.1) is 11.9 Å². The van der Waals surface area contributed by atoms with Crippen LogP contribution in [-0.4, -0.2) is 11.0 Å². The van der Waals surface area contributed by atoms with Gasteiger partial charge in [0.2, 0.25) is 5.88 Å². The van der Waals surface area contributed by atoms with Crippen molar-refractivity contribution in [2.45, 2.75) is 13.5 Å². The van der Waals surface area contributed by atoms with E-state index in [1.54, 1.807) is 24.3 Å². The zero-order valence-electron chi connectivity index (χ0n) is 14.2. The molecule has 0 bridgehead atoms. The van der Waals surface area contributed by atoms with Crippen molar-refractivity contribution in [1.29, 1.82) is 0 Å². The van der Waals surface area contributed by atoms with E-state index >= 15 is 0 Å². The SMILES string of the molecule is Cc1cccc(CNC(=O)Nc2ccc(Oc3cccc(F)c3)nc2)c1. The lowest BCUT2D eigenvalue weighted by molar-refractivity contribution is 0.251. The summed E-state index contributed by atoms with van der Waals surface area (Å²) in [5.74, 6) is 0.279. The standard InChI is InChI=1S/C20H18FN3O2/c1-14-4-2-5-15(10-14)12-23-20(25)24-17-8-9-19(22-13-17)26-18-7-3-6-16(21)11-18/h2-11,13H,12H2,1H3,(H2,23,24,25). The number of amides is 2. The van der Waals surface area contributed by atoms with Gasteiger partial charge in [0.25, 0.3) is 0 Å². The number of benzene rings is 2. The molecule has 3 aromatic rings. The summed E-state index contributed by atoms with van der Waals surface area (Å²) >= 11 is 0. The predicted octanol–water partition coefficient (Wildman–Crippen LogP) is 4.64. The van der Waals surface area contributed by atoms with Crippen LogP contribution in [0.4, 0.5) is 14.9 Å². The Labute approximate surface area is 150 Å². The van der Waals surface area contributed by atoms with Gasteiger partial charge in [-0.1, -0.05) is 35.9 Å². The third-order valence-electron chi connectivity index (χ3n) is 3.55. The number of anilines is 1. The first-order valence-corrected chi connectivity index (χ1v) is 8.08. The fourth-order valence-electron chi connectivity index (χ4n) is 2.35. The minimum absolute atomic E-state index is 0.307. The van der Waals surface area contributed by atoms with E-state index in [0.29, 0.717) is 23.9 Å². The number of carbonyl (C=O) groups is 1. The highest BCUT2D eigenvalue weighted by molar-refractivity contribution is 5.88. The molecule has 0 unspecified atom stereocenters. The highest BCUT2D eigenvalue weighted by Crippen LogP contribution is 2.21. The van der Waals surface area contributed by atoms with Crippen molar-refractivity contribution >= 4 is 11.7 Å². The third-order valence-corrected chi connectivity index (χ3v) is 3.55. The monoisotopic (exact) mass is 351 g/mol. The Kier molecular flexibility index (Phi) is 5.43. The van der Waals surface area contributed by atoms with Crippen molar-refractivity contribution < 1.29 is 13.9 Å². The average molecular weight is 351 g/mol. The van der Waals surface area contributed by atoms with Gasteiger partial charge in [-0.25, -0.2) is 14.2 Å². The van der Waals surface area contributed by atoms with E-state index in [0.717, 1.165) is 11.1 Å². The average Bonchev–Trinajstić information content (AvgIpc) is 2.62.